The van der Waals surface area contributed by atoms with Crippen LogP contribution in [-0.2, 0) is 11.2 Å². The number of hydrogen-bond acceptors (Lipinski definition) is 4. The molecule has 0 spiro atoms. The van der Waals surface area contributed by atoms with Crippen molar-refractivity contribution >= 4 is 11.8 Å². The van der Waals surface area contributed by atoms with E-state index in [0.717, 1.165) is 29.4 Å². The van der Waals surface area contributed by atoms with Crippen molar-refractivity contribution in [2.24, 2.45) is 5.92 Å². The summed E-state index contributed by atoms with van der Waals surface area (Å²) in [4.78, 5) is 12.5. The van der Waals surface area contributed by atoms with Gasteiger partial charge in [-0.05, 0) is 92.5 Å². The zero-order valence-electron chi connectivity index (χ0n) is 19.1. The molecular weight excluding hydrogens is 412 g/mol. The molecule has 2 aromatic carbocycles. The topological polar surface area (TPSA) is 64.4 Å². The number of hydrogen-bond donors (Lipinski definition) is 1. The summed E-state index contributed by atoms with van der Waals surface area (Å²) in [6.07, 6.45) is 5.49. The first-order valence-corrected chi connectivity index (χ1v) is 11.7. The number of carbonyl (C=O) groups excluding carboxylic acids is 1. The normalized spacial score (nSPS) is 17.9. The molecule has 33 heavy (non-hydrogen) atoms. The van der Waals surface area contributed by atoms with Crippen molar-refractivity contribution in [1.29, 1.82) is 0 Å². The van der Waals surface area contributed by atoms with Crippen LogP contribution >= 0.6 is 0 Å². The van der Waals surface area contributed by atoms with Crippen molar-refractivity contribution in [3.05, 3.63) is 82.2 Å². The molecule has 2 atom stereocenters. The van der Waals surface area contributed by atoms with Gasteiger partial charge in [0.15, 0.2) is 0 Å². The van der Waals surface area contributed by atoms with Crippen molar-refractivity contribution in [2.45, 2.75) is 58.0 Å². The van der Waals surface area contributed by atoms with Gasteiger partial charge in [0, 0.05) is 5.56 Å². The number of carbonyl (C=O) groups is 1. The predicted octanol–water partition coefficient (Wildman–Crippen LogP) is 6.52. The van der Waals surface area contributed by atoms with Gasteiger partial charge in [-0.25, -0.2) is 4.79 Å². The Balaban J connectivity index is 1.30. The van der Waals surface area contributed by atoms with Gasteiger partial charge in [-0.2, -0.15) is 0 Å². The van der Waals surface area contributed by atoms with Crippen molar-refractivity contribution in [1.82, 2.24) is 5.16 Å². The third kappa shape index (κ3) is 4.80. The third-order valence-electron chi connectivity index (χ3n) is 6.66. The number of aromatic nitrogens is 1. The quantitative estimate of drug-likeness (QED) is 0.469. The van der Waals surface area contributed by atoms with E-state index < -0.39 is 6.09 Å². The molecule has 2 aliphatic rings. The van der Waals surface area contributed by atoms with Gasteiger partial charge < -0.3 is 9.26 Å². The second-order valence-corrected chi connectivity index (χ2v) is 9.06. The van der Waals surface area contributed by atoms with Gasteiger partial charge in [-0.15, -0.1) is 0 Å². The Kier molecular flexibility index (Phi) is 5.92. The molecule has 5 nitrogen and oxygen atoms in total. The molecule has 1 saturated carbocycles. The SMILES string of the molecule is Cc1noc(C#Cc2ccc3c(c2)CCCC3C2CC2)c1NC(=O)OC(C)c1ccccc1. The second-order valence-electron chi connectivity index (χ2n) is 9.06. The van der Waals surface area contributed by atoms with Gasteiger partial charge in [0.05, 0.1) is 0 Å². The summed E-state index contributed by atoms with van der Waals surface area (Å²) >= 11 is 0. The summed E-state index contributed by atoms with van der Waals surface area (Å²) in [5.41, 5.74) is 5.82. The maximum absolute atomic E-state index is 12.5. The van der Waals surface area contributed by atoms with E-state index in [9.17, 15) is 4.79 Å². The van der Waals surface area contributed by atoms with E-state index in [4.69, 9.17) is 9.26 Å². The molecule has 0 bridgehead atoms. The van der Waals surface area contributed by atoms with Crippen molar-refractivity contribution < 1.29 is 14.1 Å². The van der Waals surface area contributed by atoms with Gasteiger partial charge in [-0.1, -0.05) is 47.5 Å². The van der Waals surface area contributed by atoms with Crippen LogP contribution in [0.25, 0.3) is 0 Å². The van der Waals surface area contributed by atoms with E-state index in [-0.39, 0.29) is 6.10 Å². The molecule has 0 saturated heterocycles. The molecule has 0 radical (unpaired) electrons. The molecule has 1 heterocycles. The first-order chi connectivity index (χ1) is 16.1. The average molecular weight is 441 g/mol. The molecule has 1 amide bonds. The fourth-order valence-electron chi connectivity index (χ4n) is 4.73. The largest absolute Gasteiger partial charge is 0.441 e. The first-order valence-electron chi connectivity index (χ1n) is 11.7. The Morgan fingerprint density at radius 1 is 1.15 bits per heavy atom. The van der Waals surface area contributed by atoms with Crippen LogP contribution in [-0.4, -0.2) is 11.2 Å². The fraction of sp³-hybridized carbons (Fsp3) is 0.357. The Hall–Kier alpha value is -3.52. The molecule has 1 N–H and O–H groups in total. The Morgan fingerprint density at radius 3 is 2.76 bits per heavy atom. The summed E-state index contributed by atoms with van der Waals surface area (Å²) in [6.45, 7) is 3.60. The van der Waals surface area contributed by atoms with Crippen molar-refractivity contribution in [2.75, 3.05) is 5.32 Å². The lowest BCUT2D eigenvalue weighted by atomic mass is 9.79. The monoisotopic (exact) mass is 440 g/mol. The zero-order valence-corrected chi connectivity index (χ0v) is 19.1. The number of benzene rings is 2. The van der Waals surface area contributed by atoms with Crippen LogP contribution in [0, 0.1) is 24.7 Å². The number of nitrogens with zero attached hydrogens (tertiary/aromatic N) is 1. The summed E-state index contributed by atoms with van der Waals surface area (Å²) in [5, 5.41) is 6.73. The molecule has 1 fully saturated rings. The van der Waals surface area contributed by atoms with Crippen molar-refractivity contribution in [3.8, 4) is 11.8 Å². The summed E-state index contributed by atoms with van der Waals surface area (Å²) < 4.78 is 10.9. The Morgan fingerprint density at radius 2 is 1.97 bits per heavy atom. The van der Waals surface area contributed by atoms with Gasteiger partial charge >= 0.3 is 6.09 Å². The zero-order chi connectivity index (χ0) is 22.8. The van der Waals surface area contributed by atoms with Gasteiger partial charge in [-0.3, -0.25) is 5.32 Å². The van der Waals surface area contributed by atoms with Crippen LogP contribution in [0.4, 0.5) is 10.5 Å². The van der Waals surface area contributed by atoms with Gasteiger partial charge in [0.2, 0.25) is 5.76 Å². The number of aryl methyl sites for hydroxylation is 2. The number of anilines is 1. The minimum atomic E-state index is -0.569. The molecule has 2 unspecified atom stereocenters. The third-order valence-corrected chi connectivity index (χ3v) is 6.66. The van der Waals surface area contributed by atoms with E-state index in [1.54, 1.807) is 6.92 Å². The van der Waals surface area contributed by atoms with Gasteiger partial charge in [0.1, 0.15) is 17.5 Å². The lowest BCUT2D eigenvalue weighted by Crippen LogP contribution is -2.16. The number of rotatable bonds is 4. The minimum absolute atomic E-state index is 0.324. The van der Waals surface area contributed by atoms with Crippen LogP contribution in [0.2, 0.25) is 0 Å². The van der Waals surface area contributed by atoms with Crippen LogP contribution < -0.4 is 5.32 Å². The Bertz CT molecular complexity index is 1210. The lowest BCUT2D eigenvalue weighted by Gasteiger charge is -2.25. The highest BCUT2D eigenvalue weighted by Crippen LogP contribution is 2.48. The maximum Gasteiger partial charge on any atom is 0.412 e. The summed E-state index contributed by atoms with van der Waals surface area (Å²) in [5.74, 6) is 8.17. The number of amides is 1. The molecule has 5 heteroatoms. The second kappa shape index (κ2) is 9.15. The molecule has 2 aliphatic carbocycles. The number of fused-ring (bicyclic) bond motifs is 1. The van der Waals surface area contributed by atoms with E-state index in [1.165, 1.54) is 36.8 Å². The first kappa shape index (κ1) is 21.3. The van der Waals surface area contributed by atoms with E-state index in [1.807, 2.05) is 37.3 Å². The predicted molar refractivity (Wildman–Crippen MR) is 127 cm³/mol. The average Bonchev–Trinajstić information content (AvgIpc) is 3.62. The standard InChI is InChI=1S/C28H28N2O3/c1-18-27(29-28(31)32-19(2)21-7-4-3-5-8-21)26(33-30-18)16-12-20-11-15-25-23(17-20)9-6-10-24(25)22-13-14-22/h3-5,7-8,11,15,17,19,22,24H,6,9-10,13-14H2,1-2H3,(H,29,31). The van der Waals surface area contributed by atoms with E-state index in [2.05, 4.69) is 40.5 Å². The van der Waals surface area contributed by atoms with E-state index >= 15 is 0 Å². The van der Waals surface area contributed by atoms with E-state index in [0.29, 0.717) is 17.1 Å². The fourth-order valence-corrected chi connectivity index (χ4v) is 4.73. The van der Waals surface area contributed by atoms with Crippen LogP contribution in [0.5, 0.6) is 0 Å². The van der Waals surface area contributed by atoms with Crippen LogP contribution in [0.3, 0.4) is 0 Å². The molecule has 0 aliphatic heterocycles. The van der Waals surface area contributed by atoms with Crippen LogP contribution in [0.15, 0.2) is 53.1 Å². The molecule has 1 aromatic heterocycles. The summed E-state index contributed by atoms with van der Waals surface area (Å²) in [6, 6.07) is 16.2. The molecular formula is C28H28N2O3. The highest BCUT2D eigenvalue weighted by molar-refractivity contribution is 5.87. The number of ether oxygens (including phenoxy) is 1. The van der Waals surface area contributed by atoms with Crippen molar-refractivity contribution in [3.63, 3.8) is 0 Å². The molecule has 168 valence electrons. The van der Waals surface area contributed by atoms with Crippen LogP contribution in [0.1, 0.15) is 78.3 Å². The Labute approximate surface area is 194 Å². The smallest absolute Gasteiger partial charge is 0.412 e. The number of nitrogens with one attached hydrogen (secondary N) is 1. The van der Waals surface area contributed by atoms with Gasteiger partial charge in [0.25, 0.3) is 0 Å². The molecule has 5 rings (SSSR count). The lowest BCUT2D eigenvalue weighted by molar-refractivity contribution is 0.121. The maximum atomic E-state index is 12.5. The highest BCUT2D eigenvalue weighted by Gasteiger charge is 2.34. The minimum Gasteiger partial charge on any atom is -0.441 e. The molecule has 3 aromatic rings. The summed E-state index contributed by atoms with van der Waals surface area (Å²) in [7, 11) is 0. The highest BCUT2D eigenvalue weighted by atomic mass is 16.6.